The fourth-order valence-corrected chi connectivity index (χ4v) is 1.61. The Labute approximate surface area is 102 Å². The minimum Gasteiger partial charge on any atom is -0.321 e. The Bertz CT molecular complexity index is 529. The molecule has 0 atom stereocenters. The molecule has 2 N–H and O–H groups in total. The number of nitrogens with two attached hydrogens (primary N) is 1. The zero-order valence-electron chi connectivity index (χ0n) is 11.2. The predicted octanol–water partition coefficient (Wildman–Crippen LogP) is 2.22. The number of fused-ring (bicyclic) bond motifs is 1. The number of rotatable bonds is 1. The maximum Gasteiger partial charge on any atom is 0.155 e. The van der Waals surface area contributed by atoms with Crippen LogP contribution in [0, 0.1) is 0 Å². The molecule has 0 bridgehead atoms. The molecule has 0 unspecified atom stereocenters. The van der Waals surface area contributed by atoms with Crippen LogP contribution >= 0.6 is 0 Å². The lowest BCUT2D eigenvalue weighted by atomic mass is 9.92. The highest BCUT2D eigenvalue weighted by molar-refractivity contribution is 5.42. The van der Waals surface area contributed by atoms with Gasteiger partial charge in [-0.2, -0.15) is 5.10 Å². The van der Waals surface area contributed by atoms with Crippen molar-refractivity contribution in [1.29, 1.82) is 0 Å². The SMILES string of the molecule is CC(C)(C)c1ccn2nc(C(C)(C)N)cc2n1. The van der Waals surface area contributed by atoms with E-state index in [-0.39, 0.29) is 5.41 Å². The Morgan fingerprint density at radius 1 is 1.12 bits per heavy atom. The van der Waals surface area contributed by atoms with E-state index >= 15 is 0 Å². The molecule has 0 amide bonds. The van der Waals surface area contributed by atoms with E-state index in [1.807, 2.05) is 32.2 Å². The summed E-state index contributed by atoms with van der Waals surface area (Å²) in [6.45, 7) is 10.3. The third-order valence-corrected chi connectivity index (χ3v) is 2.75. The van der Waals surface area contributed by atoms with Crippen molar-refractivity contribution in [2.75, 3.05) is 0 Å². The highest BCUT2D eigenvalue weighted by Crippen LogP contribution is 2.22. The zero-order chi connectivity index (χ0) is 12.8. The molecule has 17 heavy (non-hydrogen) atoms. The van der Waals surface area contributed by atoms with Gasteiger partial charge in [-0.05, 0) is 19.9 Å². The summed E-state index contributed by atoms with van der Waals surface area (Å²) in [5.41, 5.74) is 8.42. The van der Waals surface area contributed by atoms with Gasteiger partial charge in [0, 0.05) is 23.4 Å². The van der Waals surface area contributed by atoms with Gasteiger partial charge >= 0.3 is 0 Å². The molecule has 4 heteroatoms. The molecule has 0 spiro atoms. The van der Waals surface area contributed by atoms with Crippen LogP contribution in [0.5, 0.6) is 0 Å². The Hall–Kier alpha value is -1.42. The largest absolute Gasteiger partial charge is 0.321 e. The molecule has 0 radical (unpaired) electrons. The Balaban J connectivity index is 2.56. The molecular weight excluding hydrogens is 212 g/mol. The van der Waals surface area contributed by atoms with Gasteiger partial charge in [0.2, 0.25) is 0 Å². The Morgan fingerprint density at radius 3 is 2.29 bits per heavy atom. The molecule has 2 aromatic heterocycles. The second-order valence-electron chi connectivity index (χ2n) is 6.12. The molecule has 0 saturated heterocycles. The van der Waals surface area contributed by atoms with Crippen molar-refractivity contribution < 1.29 is 0 Å². The van der Waals surface area contributed by atoms with Gasteiger partial charge < -0.3 is 5.73 Å². The van der Waals surface area contributed by atoms with E-state index in [0.717, 1.165) is 17.0 Å². The maximum absolute atomic E-state index is 6.04. The van der Waals surface area contributed by atoms with Crippen molar-refractivity contribution in [2.24, 2.45) is 5.73 Å². The van der Waals surface area contributed by atoms with Crippen molar-refractivity contribution in [2.45, 2.75) is 45.6 Å². The van der Waals surface area contributed by atoms with Crippen molar-refractivity contribution in [3.8, 4) is 0 Å². The van der Waals surface area contributed by atoms with E-state index in [1.165, 1.54) is 0 Å². The van der Waals surface area contributed by atoms with Crippen LogP contribution in [0.15, 0.2) is 18.3 Å². The van der Waals surface area contributed by atoms with Crippen LogP contribution in [0.4, 0.5) is 0 Å². The van der Waals surface area contributed by atoms with Crippen LogP contribution in [0.3, 0.4) is 0 Å². The summed E-state index contributed by atoms with van der Waals surface area (Å²) < 4.78 is 1.78. The van der Waals surface area contributed by atoms with E-state index in [1.54, 1.807) is 4.52 Å². The lowest BCUT2D eigenvalue weighted by Crippen LogP contribution is -2.29. The molecular formula is C13H20N4. The fraction of sp³-hybridized carbons (Fsp3) is 0.538. The molecule has 92 valence electrons. The summed E-state index contributed by atoms with van der Waals surface area (Å²) in [5.74, 6) is 0. The van der Waals surface area contributed by atoms with E-state index in [4.69, 9.17) is 5.73 Å². The predicted molar refractivity (Wildman–Crippen MR) is 68.9 cm³/mol. The van der Waals surface area contributed by atoms with Crippen molar-refractivity contribution in [3.63, 3.8) is 0 Å². The van der Waals surface area contributed by atoms with Crippen LogP contribution in [-0.2, 0) is 11.0 Å². The highest BCUT2D eigenvalue weighted by atomic mass is 15.3. The second kappa shape index (κ2) is 3.53. The zero-order valence-corrected chi connectivity index (χ0v) is 11.2. The molecule has 0 aliphatic heterocycles. The summed E-state index contributed by atoms with van der Waals surface area (Å²) in [5, 5.41) is 4.44. The molecule has 0 aliphatic rings. The molecule has 0 aromatic carbocycles. The number of hydrogen-bond acceptors (Lipinski definition) is 3. The van der Waals surface area contributed by atoms with Crippen molar-refractivity contribution >= 4 is 5.65 Å². The first-order chi connectivity index (χ1) is 7.68. The molecule has 2 heterocycles. The molecule has 0 saturated carbocycles. The lowest BCUT2D eigenvalue weighted by molar-refractivity contribution is 0.529. The van der Waals surface area contributed by atoms with Gasteiger partial charge in [-0.25, -0.2) is 9.50 Å². The Morgan fingerprint density at radius 2 is 1.76 bits per heavy atom. The first kappa shape index (κ1) is 12.0. The van der Waals surface area contributed by atoms with Gasteiger partial charge in [-0.15, -0.1) is 0 Å². The first-order valence-electron chi connectivity index (χ1n) is 5.84. The van der Waals surface area contributed by atoms with Crippen LogP contribution < -0.4 is 5.73 Å². The average molecular weight is 232 g/mol. The Kier molecular flexibility index (Phi) is 2.51. The van der Waals surface area contributed by atoms with Gasteiger partial charge in [0.15, 0.2) is 5.65 Å². The molecule has 4 nitrogen and oxygen atoms in total. The first-order valence-corrected chi connectivity index (χ1v) is 5.84. The number of nitrogens with zero attached hydrogens (tertiary/aromatic N) is 3. The van der Waals surface area contributed by atoms with E-state index in [0.29, 0.717) is 0 Å². The third kappa shape index (κ3) is 2.31. The normalized spacial score (nSPS) is 13.3. The molecule has 2 aromatic rings. The molecule has 2 rings (SSSR count). The topological polar surface area (TPSA) is 56.2 Å². The highest BCUT2D eigenvalue weighted by Gasteiger charge is 2.20. The van der Waals surface area contributed by atoms with Gasteiger partial charge in [-0.1, -0.05) is 20.8 Å². The summed E-state index contributed by atoms with van der Waals surface area (Å²) in [7, 11) is 0. The number of aromatic nitrogens is 3. The summed E-state index contributed by atoms with van der Waals surface area (Å²) >= 11 is 0. The van der Waals surface area contributed by atoms with E-state index in [9.17, 15) is 0 Å². The standard InChI is InChI=1S/C13H20N4/c1-12(2,3)9-6-7-17-11(15-9)8-10(16-17)13(4,5)14/h6-8H,14H2,1-5H3. The van der Waals surface area contributed by atoms with Gasteiger partial charge in [-0.3, -0.25) is 0 Å². The minimum atomic E-state index is -0.435. The molecule has 0 fully saturated rings. The maximum atomic E-state index is 6.04. The van der Waals surface area contributed by atoms with Crippen LogP contribution in [0.2, 0.25) is 0 Å². The minimum absolute atomic E-state index is 0.0460. The van der Waals surface area contributed by atoms with Gasteiger partial charge in [0.25, 0.3) is 0 Å². The number of hydrogen-bond donors (Lipinski definition) is 1. The second-order valence-corrected chi connectivity index (χ2v) is 6.12. The van der Waals surface area contributed by atoms with Crippen LogP contribution in [-0.4, -0.2) is 14.6 Å². The summed E-state index contributed by atoms with van der Waals surface area (Å²) in [6.07, 6.45) is 1.94. The summed E-state index contributed by atoms with van der Waals surface area (Å²) in [4.78, 5) is 4.63. The van der Waals surface area contributed by atoms with Gasteiger partial charge in [0.1, 0.15) is 0 Å². The van der Waals surface area contributed by atoms with Crippen LogP contribution in [0.1, 0.15) is 46.0 Å². The smallest absolute Gasteiger partial charge is 0.155 e. The summed E-state index contributed by atoms with van der Waals surface area (Å²) in [6, 6.07) is 3.96. The monoisotopic (exact) mass is 232 g/mol. The van der Waals surface area contributed by atoms with Crippen molar-refractivity contribution in [3.05, 3.63) is 29.7 Å². The fourth-order valence-electron chi connectivity index (χ4n) is 1.61. The third-order valence-electron chi connectivity index (χ3n) is 2.75. The van der Waals surface area contributed by atoms with E-state index < -0.39 is 5.54 Å². The van der Waals surface area contributed by atoms with Gasteiger partial charge in [0.05, 0.1) is 11.2 Å². The van der Waals surface area contributed by atoms with Crippen LogP contribution in [0.25, 0.3) is 5.65 Å². The lowest BCUT2D eigenvalue weighted by Gasteiger charge is -2.17. The quantitative estimate of drug-likeness (QED) is 0.820. The van der Waals surface area contributed by atoms with E-state index in [2.05, 4.69) is 30.9 Å². The van der Waals surface area contributed by atoms with Crippen molar-refractivity contribution in [1.82, 2.24) is 14.6 Å². The molecule has 0 aliphatic carbocycles. The average Bonchev–Trinajstić information content (AvgIpc) is 2.57.